The van der Waals surface area contributed by atoms with Crippen molar-refractivity contribution in [2.45, 2.75) is 32.1 Å². The lowest BCUT2D eigenvalue weighted by molar-refractivity contribution is -0.136. The summed E-state index contributed by atoms with van der Waals surface area (Å²) < 4.78 is 0. The normalized spacial score (nSPS) is 23.3. The molecule has 3 heteroatoms. The van der Waals surface area contributed by atoms with E-state index in [4.69, 9.17) is 0 Å². The van der Waals surface area contributed by atoms with Gasteiger partial charge in [0, 0.05) is 20.1 Å². The first-order chi connectivity index (χ1) is 7.18. The second kappa shape index (κ2) is 4.12. The summed E-state index contributed by atoms with van der Waals surface area (Å²) in [5.41, 5.74) is -0.0345. The molecule has 0 heterocycles. The summed E-state index contributed by atoms with van der Waals surface area (Å²) >= 11 is 0. The molecule has 0 atom stereocenters. The molecule has 15 heavy (non-hydrogen) atoms. The average Bonchev–Trinajstić information content (AvgIpc) is 2.91. The molecule has 3 nitrogen and oxygen atoms in total. The van der Waals surface area contributed by atoms with Gasteiger partial charge in [-0.05, 0) is 38.6 Å². The summed E-state index contributed by atoms with van der Waals surface area (Å²) in [6, 6.07) is 0. The fourth-order valence-corrected chi connectivity index (χ4v) is 2.51. The first-order valence-corrected chi connectivity index (χ1v) is 6.08. The quantitative estimate of drug-likeness (QED) is 0.740. The Morgan fingerprint density at radius 3 is 2.53 bits per heavy atom. The summed E-state index contributed by atoms with van der Waals surface area (Å²) in [5, 5.41) is 3.14. The summed E-state index contributed by atoms with van der Waals surface area (Å²) in [6.07, 6.45) is 6.13. The molecule has 0 spiro atoms. The molecule has 2 saturated carbocycles. The Labute approximate surface area is 92.2 Å². The number of hydrogen-bond acceptors (Lipinski definition) is 2. The summed E-state index contributed by atoms with van der Waals surface area (Å²) in [5.74, 6) is 1.15. The highest BCUT2D eigenvalue weighted by atomic mass is 16.2. The van der Waals surface area contributed by atoms with Crippen LogP contribution in [0, 0.1) is 11.3 Å². The van der Waals surface area contributed by atoms with Crippen LogP contribution in [0.1, 0.15) is 32.1 Å². The average molecular weight is 210 g/mol. The van der Waals surface area contributed by atoms with Gasteiger partial charge in [0.05, 0.1) is 5.41 Å². The van der Waals surface area contributed by atoms with Crippen LogP contribution in [0.15, 0.2) is 0 Å². The van der Waals surface area contributed by atoms with Crippen molar-refractivity contribution in [3.63, 3.8) is 0 Å². The topological polar surface area (TPSA) is 32.3 Å². The van der Waals surface area contributed by atoms with Gasteiger partial charge in [0.25, 0.3) is 0 Å². The van der Waals surface area contributed by atoms with Gasteiger partial charge in [-0.2, -0.15) is 0 Å². The van der Waals surface area contributed by atoms with E-state index in [1.165, 1.54) is 19.3 Å². The van der Waals surface area contributed by atoms with Crippen LogP contribution in [0.25, 0.3) is 0 Å². The molecule has 0 radical (unpaired) electrons. The minimum Gasteiger partial charge on any atom is -0.345 e. The molecule has 0 aromatic carbocycles. The van der Waals surface area contributed by atoms with Crippen LogP contribution in [0.4, 0.5) is 0 Å². The van der Waals surface area contributed by atoms with E-state index < -0.39 is 0 Å². The Bertz CT molecular complexity index is 244. The SMILES string of the molecule is CNCC1(C(=O)N(C)CC2CCC2)CC1. The molecule has 86 valence electrons. The van der Waals surface area contributed by atoms with E-state index in [0.29, 0.717) is 5.91 Å². The molecule has 0 aromatic rings. The van der Waals surface area contributed by atoms with Crippen LogP contribution in [-0.2, 0) is 4.79 Å². The summed E-state index contributed by atoms with van der Waals surface area (Å²) in [6.45, 7) is 1.82. The van der Waals surface area contributed by atoms with Gasteiger partial charge in [0.2, 0.25) is 5.91 Å². The highest BCUT2D eigenvalue weighted by Crippen LogP contribution is 2.46. The van der Waals surface area contributed by atoms with Crippen molar-refractivity contribution in [3.8, 4) is 0 Å². The van der Waals surface area contributed by atoms with E-state index in [9.17, 15) is 4.79 Å². The molecule has 0 saturated heterocycles. The number of rotatable bonds is 5. The lowest BCUT2D eigenvalue weighted by Gasteiger charge is -2.32. The van der Waals surface area contributed by atoms with E-state index in [0.717, 1.165) is 31.8 Å². The molecule has 0 aliphatic heterocycles. The summed E-state index contributed by atoms with van der Waals surface area (Å²) in [7, 11) is 3.90. The van der Waals surface area contributed by atoms with Crippen molar-refractivity contribution in [3.05, 3.63) is 0 Å². The van der Waals surface area contributed by atoms with Crippen LogP contribution in [-0.4, -0.2) is 38.0 Å². The maximum Gasteiger partial charge on any atom is 0.229 e. The van der Waals surface area contributed by atoms with Crippen molar-refractivity contribution >= 4 is 5.91 Å². The van der Waals surface area contributed by atoms with Crippen molar-refractivity contribution < 1.29 is 4.79 Å². The molecule has 0 aromatic heterocycles. The minimum absolute atomic E-state index is 0.0345. The lowest BCUT2D eigenvalue weighted by atomic mass is 9.85. The Kier molecular flexibility index (Phi) is 3.01. The lowest BCUT2D eigenvalue weighted by Crippen LogP contribution is -2.42. The number of carbonyl (C=O) groups excluding carboxylic acids is 1. The van der Waals surface area contributed by atoms with Crippen molar-refractivity contribution in [1.82, 2.24) is 10.2 Å². The molecule has 2 fully saturated rings. The minimum atomic E-state index is -0.0345. The molecular weight excluding hydrogens is 188 g/mol. The van der Waals surface area contributed by atoms with Gasteiger partial charge in [-0.15, -0.1) is 0 Å². The maximum atomic E-state index is 12.2. The van der Waals surface area contributed by atoms with Gasteiger partial charge in [-0.3, -0.25) is 4.79 Å². The third kappa shape index (κ3) is 2.17. The smallest absolute Gasteiger partial charge is 0.229 e. The Morgan fingerprint density at radius 1 is 1.47 bits per heavy atom. The predicted octanol–water partition coefficient (Wildman–Crippen LogP) is 1.24. The molecule has 0 bridgehead atoms. The van der Waals surface area contributed by atoms with Gasteiger partial charge in [0.15, 0.2) is 0 Å². The van der Waals surface area contributed by atoms with Crippen LogP contribution in [0.3, 0.4) is 0 Å². The zero-order chi connectivity index (χ0) is 10.9. The van der Waals surface area contributed by atoms with E-state index in [1.54, 1.807) is 0 Å². The Balaban J connectivity index is 1.83. The molecule has 0 unspecified atom stereocenters. The summed E-state index contributed by atoms with van der Waals surface area (Å²) in [4.78, 5) is 14.1. The monoisotopic (exact) mass is 210 g/mol. The largest absolute Gasteiger partial charge is 0.345 e. The van der Waals surface area contributed by atoms with Crippen LogP contribution < -0.4 is 5.32 Å². The van der Waals surface area contributed by atoms with Crippen LogP contribution in [0.2, 0.25) is 0 Å². The van der Waals surface area contributed by atoms with Crippen LogP contribution >= 0.6 is 0 Å². The molecule has 2 aliphatic rings. The molecule has 1 N–H and O–H groups in total. The van der Waals surface area contributed by atoms with Crippen molar-refractivity contribution in [1.29, 1.82) is 0 Å². The Morgan fingerprint density at radius 2 is 2.13 bits per heavy atom. The zero-order valence-electron chi connectivity index (χ0n) is 9.88. The van der Waals surface area contributed by atoms with Crippen molar-refractivity contribution in [2.75, 3.05) is 27.2 Å². The van der Waals surface area contributed by atoms with E-state index in [2.05, 4.69) is 5.32 Å². The predicted molar refractivity (Wildman–Crippen MR) is 60.6 cm³/mol. The number of hydrogen-bond donors (Lipinski definition) is 1. The van der Waals surface area contributed by atoms with Crippen molar-refractivity contribution in [2.24, 2.45) is 11.3 Å². The number of nitrogens with zero attached hydrogens (tertiary/aromatic N) is 1. The third-order valence-corrected chi connectivity index (χ3v) is 3.93. The van der Waals surface area contributed by atoms with Crippen LogP contribution in [0.5, 0.6) is 0 Å². The van der Waals surface area contributed by atoms with Gasteiger partial charge in [-0.1, -0.05) is 6.42 Å². The van der Waals surface area contributed by atoms with Gasteiger partial charge < -0.3 is 10.2 Å². The fourth-order valence-electron chi connectivity index (χ4n) is 2.51. The number of carbonyl (C=O) groups is 1. The standard InChI is InChI=1S/C12H22N2O/c1-13-9-12(6-7-12)11(15)14(2)8-10-4-3-5-10/h10,13H,3-9H2,1-2H3. The highest BCUT2D eigenvalue weighted by molar-refractivity contribution is 5.85. The van der Waals surface area contributed by atoms with E-state index >= 15 is 0 Å². The fraction of sp³-hybridized carbons (Fsp3) is 0.917. The maximum absolute atomic E-state index is 12.2. The Hall–Kier alpha value is -0.570. The number of nitrogens with one attached hydrogen (secondary N) is 1. The zero-order valence-corrected chi connectivity index (χ0v) is 9.88. The molecule has 1 amide bonds. The van der Waals surface area contributed by atoms with Gasteiger partial charge in [-0.25, -0.2) is 0 Å². The van der Waals surface area contributed by atoms with Gasteiger partial charge in [0.1, 0.15) is 0 Å². The third-order valence-electron chi connectivity index (χ3n) is 3.93. The highest BCUT2D eigenvalue weighted by Gasteiger charge is 2.50. The first-order valence-electron chi connectivity index (χ1n) is 6.08. The first kappa shape index (κ1) is 10.9. The molecular formula is C12H22N2O. The van der Waals surface area contributed by atoms with E-state index in [1.807, 2.05) is 19.0 Å². The molecule has 2 aliphatic carbocycles. The second-order valence-electron chi connectivity index (χ2n) is 5.29. The second-order valence-corrected chi connectivity index (χ2v) is 5.29. The van der Waals surface area contributed by atoms with E-state index in [-0.39, 0.29) is 5.41 Å². The molecule has 2 rings (SSSR count). The number of amides is 1. The van der Waals surface area contributed by atoms with Gasteiger partial charge >= 0.3 is 0 Å².